The smallest absolute Gasteiger partial charge is 0.0700 e. The molecule has 0 saturated heterocycles. The third kappa shape index (κ3) is 8.55. The Morgan fingerprint density at radius 3 is 2.47 bits per heavy atom. The van der Waals surface area contributed by atoms with E-state index >= 15 is 0 Å². The first-order valence-corrected chi connectivity index (χ1v) is 6.82. The fourth-order valence-electron chi connectivity index (χ4n) is 2.04. The molecule has 0 unspecified atom stereocenters. The van der Waals surface area contributed by atoms with Crippen molar-refractivity contribution in [2.45, 2.75) is 38.2 Å². The molecule has 0 aromatic heterocycles. The second-order valence-corrected chi connectivity index (χ2v) is 4.49. The first kappa shape index (κ1) is 14.9. The van der Waals surface area contributed by atoms with Crippen molar-refractivity contribution in [1.29, 1.82) is 0 Å². The Kier molecular flexibility index (Phi) is 9.61. The zero-order valence-electron chi connectivity index (χ0n) is 11.1. The Morgan fingerprint density at radius 2 is 1.71 bits per heavy atom. The molecule has 17 heavy (non-hydrogen) atoms. The summed E-state index contributed by atoms with van der Waals surface area (Å²) in [5.74, 6) is 0. The van der Waals surface area contributed by atoms with Gasteiger partial charge in [0.25, 0.3) is 0 Å². The average molecular weight is 245 g/mol. The van der Waals surface area contributed by atoms with Crippen molar-refractivity contribution in [1.82, 2.24) is 5.32 Å². The van der Waals surface area contributed by atoms with Crippen molar-refractivity contribution in [2.75, 3.05) is 46.6 Å². The summed E-state index contributed by atoms with van der Waals surface area (Å²) >= 11 is 0. The van der Waals surface area contributed by atoms with Crippen LogP contribution >= 0.6 is 0 Å². The highest BCUT2D eigenvalue weighted by Gasteiger charge is 2.12. The molecule has 1 aliphatic rings. The van der Waals surface area contributed by atoms with Crippen LogP contribution in [-0.2, 0) is 14.2 Å². The molecule has 4 heteroatoms. The predicted octanol–water partition coefficient (Wildman–Crippen LogP) is 1.59. The van der Waals surface area contributed by atoms with Gasteiger partial charge >= 0.3 is 0 Å². The van der Waals surface area contributed by atoms with Crippen LogP contribution in [0.2, 0.25) is 0 Å². The van der Waals surface area contributed by atoms with Gasteiger partial charge in [-0.3, -0.25) is 0 Å². The van der Waals surface area contributed by atoms with Crippen LogP contribution in [-0.4, -0.2) is 52.7 Å². The van der Waals surface area contributed by atoms with Crippen molar-refractivity contribution in [3.8, 4) is 0 Å². The van der Waals surface area contributed by atoms with Gasteiger partial charge in [0.2, 0.25) is 0 Å². The van der Waals surface area contributed by atoms with Crippen molar-refractivity contribution >= 4 is 0 Å². The van der Waals surface area contributed by atoms with Crippen molar-refractivity contribution < 1.29 is 14.2 Å². The minimum Gasteiger partial charge on any atom is -0.382 e. The summed E-state index contributed by atoms with van der Waals surface area (Å²) in [7, 11) is 1.68. The second kappa shape index (κ2) is 11.0. The van der Waals surface area contributed by atoms with Crippen molar-refractivity contribution in [3.63, 3.8) is 0 Å². The van der Waals surface area contributed by atoms with Gasteiger partial charge in [0, 0.05) is 20.2 Å². The number of nitrogens with one attached hydrogen (secondary N) is 1. The molecule has 1 aliphatic carbocycles. The van der Waals surface area contributed by atoms with Gasteiger partial charge in [-0.25, -0.2) is 0 Å². The Bertz CT molecular complexity index is 161. The van der Waals surface area contributed by atoms with Crippen LogP contribution in [0.15, 0.2) is 0 Å². The summed E-state index contributed by atoms with van der Waals surface area (Å²) in [6, 6.07) is 0. The van der Waals surface area contributed by atoms with E-state index in [0.29, 0.717) is 19.3 Å². The van der Waals surface area contributed by atoms with E-state index in [9.17, 15) is 0 Å². The van der Waals surface area contributed by atoms with Gasteiger partial charge in [0.15, 0.2) is 0 Å². The van der Waals surface area contributed by atoms with Gasteiger partial charge in [0.1, 0.15) is 0 Å². The molecule has 0 aromatic rings. The molecule has 0 amide bonds. The van der Waals surface area contributed by atoms with Gasteiger partial charge < -0.3 is 19.5 Å². The molecule has 4 nitrogen and oxygen atoms in total. The van der Waals surface area contributed by atoms with E-state index in [0.717, 1.165) is 26.3 Å². The molecule has 1 rings (SSSR count). The molecule has 0 spiro atoms. The molecule has 0 aliphatic heterocycles. The lowest BCUT2D eigenvalue weighted by Crippen LogP contribution is -2.27. The van der Waals surface area contributed by atoms with E-state index in [1.807, 2.05) is 0 Å². The van der Waals surface area contributed by atoms with Gasteiger partial charge in [-0.05, 0) is 12.8 Å². The van der Waals surface area contributed by atoms with Crippen LogP contribution in [0.3, 0.4) is 0 Å². The Balaban J connectivity index is 1.75. The molecular formula is C13H27NO3. The Morgan fingerprint density at radius 1 is 0.941 bits per heavy atom. The lowest BCUT2D eigenvalue weighted by Gasteiger charge is -2.22. The van der Waals surface area contributed by atoms with Crippen LogP contribution in [0.4, 0.5) is 0 Å². The van der Waals surface area contributed by atoms with Crippen LogP contribution in [0.25, 0.3) is 0 Å². The van der Waals surface area contributed by atoms with Crippen LogP contribution in [0, 0.1) is 0 Å². The summed E-state index contributed by atoms with van der Waals surface area (Å²) < 4.78 is 16.0. The second-order valence-electron chi connectivity index (χ2n) is 4.49. The van der Waals surface area contributed by atoms with E-state index in [1.54, 1.807) is 7.11 Å². The largest absolute Gasteiger partial charge is 0.382 e. The highest BCUT2D eigenvalue weighted by molar-refractivity contribution is 4.65. The maximum atomic E-state index is 5.80. The van der Waals surface area contributed by atoms with E-state index in [-0.39, 0.29) is 0 Å². The Hall–Kier alpha value is -0.160. The SMILES string of the molecule is COCCOCCNCCOC1CCCCC1. The van der Waals surface area contributed by atoms with Gasteiger partial charge in [-0.15, -0.1) is 0 Å². The third-order valence-electron chi connectivity index (χ3n) is 3.04. The monoisotopic (exact) mass is 245 g/mol. The fourth-order valence-corrected chi connectivity index (χ4v) is 2.04. The maximum absolute atomic E-state index is 5.80. The minimum atomic E-state index is 0.517. The maximum Gasteiger partial charge on any atom is 0.0700 e. The third-order valence-corrected chi connectivity index (χ3v) is 3.04. The summed E-state index contributed by atoms with van der Waals surface area (Å²) in [4.78, 5) is 0. The zero-order chi connectivity index (χ0) is 12.2. The van der Waals surface area contributed by atoms with Crippen molar-refractivity contribution in [2.24, 2.45) is 0 Å². The normalized spacial score (nSPS) is 17.5. The molecule has 1 N–H and O–H groups in total. The summed E-state index contributed by atoms with van der Waals surface area (Å²) in [5, 5.41) is 3.31. The quantitative estimate of drug-likeness (QED) is 0.593. The van der Waals surface area contributed by atoms with Gasteiger partial charge in [0.05, 0.1) is 32.5 Å². The highest BCUT2D eigenvalue weighted by atomic mass is 16.5. The van der Waals surface area contributed by atoms with E-state index < -0.39 is 0 Å². The van der Waals surface area contributed by atoms with Crippen molar-refractivity contribution in [3.05, 3.63) is 0 Å². The standard InChI is InChI=1S/C13H27NO3/c1-15-11-12-16-9-7-14-8-10-17-13-5-3-2-4-6-13/h13-14H,2-12H2,1H3. The molecule has 0 bridgehead atoms. The molecule has 0 radical (unpaired) electrons. The lowest BCUT2D eigenvalue weighted by atomic mass is 9.98. The topological polar surface area (TPSA) is 39.7 Å². The first-order chi connectivity index (χ1) is 8.43. The molecule has 0 aromatic carbocycles. The van der Waals surface area contributed by atoms with Crippen LogP contribution in [0.5, 0.6) is 0 Å². The fraction of sp³-hybridized carbons (Fsp3) is 1.00. The number of hydrogen-bond donors (Lipinski definition) is 1. The number of ether oxygens (including phenoxy) is 3. The van der Waals surface area contributed by atoms with Gasteiger partial charge in [-0.1, -0.05) is 19.3 Å². The molecule has 1 saturated carbocycles. The number of hydrogen-bond acceptors (Lipinski definition) is 4. The van der Waals surface area contributed by atoms with E-state index in [2.05, 4.69) is 5.32 Å². The molecule has 0 heterocycles. The minimum absolute atomic E-state index is 0.517. The average Bonchev–Trinajstić information content (AvgIpc) is 2.38. The molecule has 0 atom stereocenters. The number of methoxy groups -OCH3 is 1. The molecule has 102 valence electrons. The Labute approximate surface area is 105 Å². The lowest BCUT2D eigenvalue weighted by molar-refractivity contribution is 0.0288. The van der Waals surface area contributed by atoms with E-state index in [1.165, 1.54) is 32.1 Å². The van der Waals surface area contributed by atoms with Crippen LogP contribution in [0.1, 0.15) is 32.1 Å². The zero-order valence-corrected chi connectivity index (χ0v) is 11.1. The van der Waals surface area contributed by atoms with E-state index in [4.69, 9.17) is 14.2 Å². The predicted molar refractivity (Wildman–Crippen MR) is 68.4 cm³/mol. The highest BCUT2D eigenvalue weighted by Crippen LogP contribution is 2.19. The van der Waals surface area contributed by atoms with Crippen LogP contribution < -0.4 is 5.32 Å². The first-order valence-electron chi connectivity index (χ1n) is 6.82. The summed E-state index contributed by atoms with van der Waals surface area (Å²) in [5.41, 5.74) is 0. The summed E-state index contributed by atoms with van der Waals surface area (Å²) in [6.45, 7) is 4.72. The number of rotatable bonds is 10. The van der Waals surface area contributed by atoms with Gasteiger partial charge in [-0.2, -0.15) is 0 Å². The molecular weight excluding hydrogens is 218 g/mol. The summed E-state index contributed by atoms with van der Waals surface area (Å²) in [6.07, 6.45) is 7.08. The molecule has 1 fully saturated rings.